The van der Waals surface area contributed by atoms with E-state index < -0.39 is 22.9 Å². The highest BCUT2D eigenvalue weighted by molar-refractivity contribution is 8.00. The number of aromatic nitrogens is 2. The molecule has 0 aliphatic carbocycles. The summed E-state index contributed by atoms with van der Waals surface area (Å²) >= 11 is 13.0. The van der Waals surface area contributed by atoms with Gasteiger partial charge in [-0.25, -0.2) is 4.98 Å². The van der Waals surface area contributed by atoms with Crippen LogP contribution >= 0.6 is 35.0 Å². The van der Waals surface area contributed by atoms with E-state index in [2.05, 4.69) is 15.3 Å². The first-order valence-corrected chi connectivity index (χ1v) is 9.26. The van der Waals surface area contributed by atoms with E-state index in [4.69, 9.17) is 23.2 Å². The number of aromatic amines is 1. The average Bonchev–Trinajstić information content (AvgIpc) is 2.96. The minimum Gasteiger partial charge on any atom is -0.333 e. The number of alkyl halides is 3. The molecule has 3 aromatic rings. The van der Waals surface area contributed by atoms with E-state index >= 15 is 0 Å². The molecule has 0 aliphatic rings. The highest BCUT2D eigenvalue weighted by atomic mass is 35.5. The Morgan fingerprint density at radius 3 is 2.67 bits per heavy atom. The summed E-state index contributed by atoms with van der Waals surface area (Å²) in [7, 11) is 0. The zero-order chi connectivity index (χ0) is 19.8. The van der Waals surface area contributed by atoms with Crippen molar-refractivity contribution in [1.29, 1.82) is 0 Å². The molecule has 0 saturated heterocycles. The maximum absolute atomic E-state index is 12.8. The van der Waals surface area contributed by atoms with Crippen LogP contribution < -0.4 is 5.32 Å². The molecule has 0 spiro atoms. The van der Waals surface area contributed by atoms with Gasteiger partial charge in [-0.3, -0.25) is 4.79 Å². The first-order chi connectivity index (χ1) is 12.6. The maximum atomic E-state index is 12.8. The largest absolute Gasteiger partial charge is 0.416 e. The third-order valence-electron chi connectivity index (χ3n) is 3.63. The van der Waals surface area contributed by atoms with E-state index in [0.29, 0.717) is 15.7 Å². The molecule has 0 fully saturated rings. The molecule has 3 rings (SSSR count). The SMILES string of the molecule is CC(Sc1nc2ccc(Cl)cc2[nH]1)C(=O)Nc1cc(C(F)(F)F)ccc1Cl. The van der Waals surface area contributed by atoms with Gasteiger partial charge in [0.15, 0.2) is 5.16 Å². The predicted octanol–water partition coefficient (Wildman–Crippen LogP) is 6.01. The fraction of sp³-hybridized carbons (Fsp3) is 0.176. The van der Waals surface area contributed by atoms with Gasteiger partial charge < -0.3 is 10.3 Å². The van der Waals surface area contributed by atoms with Gasteiger partial charge in [-0.2, -0.15) is 13.2 Å². The molecule has 1 atom stereocenters. The van der Waals surface area contributed by atoms with Crippen molar-refractivity contribution < 1.29 is 18.0 Å². The molecular weight excluding hydrogens is 422 g/mol. The third kappa shape index (κ3) is 4.69. The first kappa shape index (κ1) is 19.9. The second kappa shape index (κ2) is 7.61. The lowest BCUT2D eigenvalue weighted by molar-refractivity contribution is -0.137. The summed E-state index contributed by atoms with van der Waals surface area (Å²) in [5, 5.41) is 2.86. The molecule has 4 nitrogen and oxygen atoms in total. The molecule has 1 aromatic heterocycles. The Hall–Kier alpha value is -1.90. The van der Waals surface area contributed by atoms with Crippen molar-refractivity contribution in [2.75, 3.05) is 5.32 Å². The number of rotatable bonds is 4. The summed E-state index contributed by atoms with van der Waals surface area (Å²) < 4.78 is 38.5. The quantitative estimate of drug-likeness (QED) is 0.495. The Morgan fingerprint density at radius 1 is 1.22 bits per heavy atom. The van der Waals surface area contributed by atoms with Crippen molar-refractivity contribution in [2.24, 2.45) is 0 Å². The summed E-state index contributed by atoms with van der Waals surface area (Å²) in [6.07, 6.45) is -4.53. The molecule has 2 aromatic carbocycles. The zero-order valence-electron chi connectivity index (χ0n) is 13.7. The van der Waals surface area contributed by atoms with Gasteiger partial charge in [-0.05, 0) is 43.3 Å². The fourth-order valence-corrected chi connectivity index (χ4v) is 3.42. The van der Waals surface area contributed by atoms with Crippen LogP contribution in [0.25, 0.3) is 11.0 Å². The highest BCUT2D eigenvalue weighted by Crippen LogP contribution is 2.34. The molecule has 0 radical (unpaired) electrons. The van der Waals surface area contributed by atoms with Crippen LogP contribution in [0.15, 0.2) is 41.6 Å². The van der Waals surface area contributed by atoms with Gasteiger partial charge in [0.05, 0.1) is 32.6 Å². The minimum absolute atomic E-state index is 0.0203. The summed E-state index contributed by atoms with van der Waals surface area (Å²) in [5.74, 6) is -0.500. The van der Waals surface area contributed by atoms with Crippen LogP contribution in [-0.2, 0) is 11.0 Å². The number of H-pyrrole nitrogens is 1. The molecule has 1 unspecified atom stereocenters. The lowest BCUT2D eigenvalue weighted by atomic mass is 10.2. The molecule has 0 aliphatic heterocycles. The van der Waals surface area contributed by atoms with E-state index in [1.54, 1.807) is 25.1 Å². The van der Waals surface area contributed by atoms with Gasteiger partial charge in [0.2, 0.25) is 5.91 Å². The lowest BCUT2D eigenvalue weighted by Gasteiger charge is -2.14. The van der Waals surface area contributed by atoms with Gasteiger partial charge >= 0.3 is 6.18 Å². The number of carbonyl (C=O) groups is 1. The smallest absolute Gasteiger partial charge is 0.333 e. The van der Waals surface area contributed by atoms with Gasteiger partial charge in [-0.15, -0.1) is 0 Å². The second-order valence-corrected chi connectivity index (χ2v) is 7.82. The number of hydrogen-bond donors (Lipinski definition) is 2. The maximum Gasteiger partial charge on any atom is 0.416 e. The molecule has 10 heteroatoms. The Labute approximate surface area is 166 Å². The van der Waals surface area contributed by atoms with E-state index in [1.165, 1.54) is 0 Å². The van der Waals surface area contributed by atoms with Crippen molar-refractivity contribution in [3.8, 4) is 0 Å². The van der Waals surface area contributed by atoms with Crippen LogP contribution in [-0.4, -0.2) is 21.1 Å². The van der Waals surface area contributed by atoms with Crippen molar-refractivity contribution >= 4 is 57.6 Å². The standard InChI is InChI=1S/C17H12Cl2F3N3OS/c1-8(27-16-24-12-5-3-10(18)7-14(12)25-16)15(26)23-13-6-9(17(20,21)22)2-4-11(13)19/h2-8H,1H3,(H,23,26)(H,24,25). The van der Waals surface area contributed by atoms with Crippen LogP contribution in [0.4, 0.5) is 18.9 Å². The normalized spacial score (nSPS) is 13.0. The number of benzene rings is 2. The number of anilines is 1. The number of halogens is 5. The van der Waals surface area contributed by atoms with E-state index in [9.17, 15) is 18.0 Å². The van der Waals surface area contributed by atoms with Crippen LogP contribution in [0.5, 0.6) is 0 Å². The molecule has 1 heterocycles. The predicted molar refractivity (Wildman–Crippen MR) is 102 cm³/mol. The number of carbonyl (C=O) groups excluding carboxylic acids is 1. The van der Waals surface area contributed by atoms with Gasteiger partial charge in [0.25, 0.3) is 0 Å². The number of thioether (sulfide) groups is 1. The lowest BCUT2D eigenvalue weighted by Crippen LogP contribution is -2.23. The Morgan fingerprint density at radius 2 is 1.96 bits per heavy atom. The first-order valence-electron chi connectivity index (χ1n) is 7.63. The molecule has 1 amide bonds. The Bertz CT molecular complexity index is 1010. The monoisotopic (exact) mass is 433 g/mol. The Kier molecular flexibility index (Phi) is 5.60. The number of hydrogen-bond acceptors (Lipinski definition) is 3. The van der Waals surface area contributed by atoms with Gasteiger partial charge in [-0.1, -0.05) is 35.0 Å². The summed E-state index contributed by atoms with van der Waals surface area (Å²) in [6.45, 7) is 1.61. The van der Waals surface area contributed by atoms with Gasteiger partial charge in [0, 0.05) is 5.02 Å². The number of amides is 1. The van der Waals surface area contributed by atoms with Crippen LogP contribution in [0.1, 0.15) is 12.5 Å². The van der Waals surface area contributed by atoms with Crippen LogP contribution in [0.3, 0.4) is 0 Å². The second-order valence-electron chi connectivity index (χ2n) is 5.65. The number of fused-ring (bicyclic) bond motifs is 1. The highest BCUT2D eigenvalue weighted by Gasteiger charge is 2.31. The van der Waals surface area contributed by atoms with Crippen molar-refractivity contribution in [1.82, 2.24) is 9.97 Å². The molecule has 142 valence electrons. The van der Waals surface area contributed by atoms with Crippen LogP contribution in [0, 0.1) is 0 Å². The van der Waals surface area contributed by atoms with E-state index in [1.807, 2.05) is 0 Å². The molecule has 27 heavy (non-hydrogen) atoms. The minimum atomic E-state index is -4.53. The molecular formula is C17H12Cl2F3N3OS. The van der Waals surface area contributed by atoms with Crippen molar-refractivity contribution in [2.45, 2.75) is 23.5 Å². The topological polar surface area (TPSA) is 57.8 Å². The van der Waals surface area contributed by atoms with E-state index in [0.717, 1.165) is 35.5 Å². The number of nitrogens with zero attached hydrogens (tertiary/aromatic N) is 1. The van der Waals surface area contributed by atoms with Gasteiger partial charge in [0.1, 0.15) is 0 Å². The van der Waals surface area contributed by atoms with Crippen molar-refractivity contribution in [3.05, 3.63) is 52.0 Å². The fourth-order valence-electron chi connectivity index (χ4n) is 2.27. The third-order valence-corrected chi connectivity index (χ3v) is 5.18. The average molecular weight is 434 g/mol. The van der Waals surface area contributed by atoms with Crippen molar-refractivity contribution in [3.63, 3.8) is 0 Å². The summed E-state index contributed by atoms with van der Waals surface area (Å²) in [4.78, 5) is 19.7. The summed E-state index contributed by atoms with van der Waals surface area (Å²) in [6, 6.07) is 7.91. The number of imidazole rings is 1. The zero-order valence-corrected chi connectivity index (χ0v) is 16.0. The molecule has 2 N–H and O–H groups in total. The van der Waals surface area contributed by atoms with Crippen LogP contribution in [0.2, 0.25) is 10.0 Å². The summed E-state index contributed by atoms with van der Waals surface area (Å²) in [5.41, 5.74) is 0.422. The number of nitrogens with one attached hydrogen (secondary N) is 2. The Balaban J connectivity index is 1.73. The van der Waals surface area contributed by atoms with E-state index in [-0.39, 0.29) is 10.7 Å². The molecule has 0 bridgehead atoms. The molecule has 0 saturated carbocycles.